The molecule has 0 unspecified atom stereocenters. The third kappa shape index (κ3) is 4.16. The maximum Gasteiger partial charge on any atom is 0.252 e. The Bertz CT molecular complexity index is 923. The lowest BCUT2D eigenvalue weighted by atomic mass is 10.2. The monoisotopic (exact) mass is 422 g/mol. The van der Waals surface area contributed by atoms with Crippen LogP contribution in [-0.4, -0.2) is 41.5 Å². The number of hydrogen-bond acceptors (Lipinski definition) is 5. The first-order valence-electron chi connectivity index (χ1n) is 9.96. The van der Waals surface area contributed by atoms with Crippen LogP contribution >= 0.6 is 11.3 Å². The van der Waals surface area contributed by atoms with E-state index < -0.39 is 10.0 Å². The van der Waals surface area contributed by atoms with E-state index in [9.17, 15) is 13.2 Å². The molecule has 0 spiro atoms. The molecule has 2 aromatic heterocycles. The van der Waals surface area contributed by atoms with Crippen molar-refractivity contribution in [2.45, 2.75) is 61.6 Å². The summed E-state index contributed by atoms with van der Waals surface area (Å²) >= 11 is 1.19. The Morgan fingerprint density at radius 1 is 1.11 bits per heavy atom. The number of hydrogen-bond donors (Lipinski definition) is 1. The Labute approximate surface area is 169 Å². The van der Waals surface area contributed by atoms with Gasteiger partial charge in [-0.3, -0.25) is 4.79 Å². The van der Waals surface area contributed by atoms with Crippen LogP contribution < -0.4 is 5.32 Å². The Kier molecular flexibility index (Phi) is 5.84. The molecule has 4 rings (SSSR count). The number of carbonyl (C=O) groups excluding carboxylic acids is 1. The van der Waals surface area contributed by atoms with Crippen LogP contribution in [0.25, 0.3) is 0 Å². The average Bonchev–Trinajstić information content (AvgIpc) is 3.44. The largest absolute Gasteiger partial charge is 0.311 e. The van der Waals surface area contributed by atoms with Gasteiger partial charge in [0.15, 0.2) is 0 Å². The van der Waals surface area contributed by atoms with E-state index in [-0.39, 0.29) is 12.3 Å². The number of rotatable bonds is 6. The third-order valence-corrected chi connectivity index (χ3v) is 8.94. The zero-order chi connectivity index (χ0) is 19.6. The molecule has 28 heavy (non-hydrogen) atoms. The van der Waals surface area contributed by atoms with Gasteiger partial charge in [0.25, 0.3) is 10.0 Å². The van der Waals surface area contributed by atoms with Crippen LogP contribution in [0.2, 0.25) is 0 Å². The number of piperidine rings is 1. The second-order valence-electron chi connectivity index (χ2n) is 7.51. The molecule has 152 valence electrons. The second-order valence-corrected chi connectivity index (χ2v) is 10.8. The van der Waals surface area contributed by atoms with Crippen molar-refractivity contribution in [2.24, 2.45) is 0 Å². The van der Waals surface area contributed by atoms with E-state index in [1.165, 1.54) is 24.2 Å². The average molecular weight is 423 g/mol. The summed E-state index contributed by atoms with van der Waals surface area (Å²) in [6.07, 6.45) is 9.35. The predicted octanol–water partition coefficient (Wildman–Crippen LogP) is 3.42. The Morgan fingerprint density at radius 3 is 2.61 bits per heavy atom. The summed E-state index contributed by atoms with van der Waals surface area (Å²) < 4.78 is 29.3. The third-order valence-electron chi connectivity index (χ3n) is 5.49. The molecule has 1 saturated heterocycles. The summed E-state index contributed by atoms with van der Waals surface area (Å²) in [5.41, 5.74) is 0. The zero-order valence-electron chi connectivity index (χ0n) is 15.8. The van der Waals surface area contributed by atoms with Crippen molar-refractivity contribution >= 4 is 33.1 Å². The minimum absolute atomic E-state index is 0.150. The van der Waals surface area contributed by atoms with Crippen molar-refractivity contribution in [3.63, 3.8) is 0 Å². The van der Waals surface area contributed by atoms with Gasteiger partial charge in [-0.2, -0.15) is 9.40 Å². The van der Waals surface area contributed by atoms with Crippen molar-refractivity contribution in [1.29, 1.82) is 0 Å². The van der Waals surface area contributed by atoms with E-state index >= 15 is 0 Å². The van der Waals surface area contributed by atoms with Crippen LogP contribution in [-0.2, 0) is 21.2 Å². The number of nitrogens with zero attached hydrogens (tertiary/aromatic N) is 3. The van der Waals surface area contributed by atoms with Crippen LogP contribution in [0.5, 0.6) is 0 Å². The highest BCUT2D eigenvalue weighted by Crippen LogP contribution is 2.31. The Hall–Kier alpha value is -1.71. The van der Waals surface area contributed by atoms with Gasteiger partial charge in [0.05, 0.1) is 18.7 Å². The van der Waals surface area contributed by atoms with E-state index in [1.54, 1.807) is 22.6 Å². The number of aromatic nitrogens is 2. The van der Waals surface area contributed by atoms with Gasteiger partial charge in [-0.15, -0.1) is 11.3 Å². The molecule has 0 aromatic carbocycles. The van der Waals surface area contributed by atoms with Crippen molar-refractivity contribution < 1.29 is 13.2 Å². The SMILES string of the molecule is O=C(Cc1ccc(S(=O)(=O)N2CCCCC2)s1)Nc1ccnn1C1CCCC1. The molecule has 2 fully saturated rings. The molecule has 1 N–H and O–H groups in total. The maximum atomic E-state index is 12.8. The molecule has 1 aliphatic heterocycles. The first kappa shape index (κ1) is 19.6. The van der Waals surface area contributed by atoms with E-state index in [0.29, 0.717) is 23.3 Å². The van der Waals surface area contributed by atoms with Crippen LogP contribution in [0.1, 0.15) is 55.9 Å². The fourth-order valence-electron chi connectivity index (χ4n) is 4.02. The van der Waals surface area contributed by atoms with Gasteiger partial charge in [0.2, 0.25) is 5.91 Å². The smallest absolute Gasteiger partial charge is 0.252 e. The Morgan fingerprint density at radius 2 is 1.86 bits per heavy atom. The number of carbonyl (C=O) groups is 1. The van der Waals surface area contributed by atoms with Gasteiger partial charge < -0.3 is 5.32 Å². The lowest BCUT2D eigenvalue weighted by Crippen LogP contribution is -2.35. The van der Waals surface area contributed by atoms with Crippen LogP contribution in [0, 0.1) is 0 Å². The Balaban J connectivity index is 1.40. The lowest BCUT2D eigenvalue weighted by molar-refractivity contribution is -0.115. The minimum Gasteiger partial charge on any atom is -0.311 e. The zero-order valence-corrected chi connectivity index (χ0v) is 17.5. The number of thiophene rings is 1. The van der Waals surface area contributed by atoms with E-state index in [4.69, 9.17) is 0 Å². The molecule has 0 bridgehead atoms. The summed E-state index contributed by atoms with van der Waals surface area (Å²) in [4.78, 5) is 13.3. The fraction of sp³-hybridized carbons (Fsp3) is 0.579. The van der Waals surface area contributed by atoms with Gasteiger partial charge in [-0.25, -0.2) is 13.1 Å². The quantitative estimate of drug-likeness (QED) is 0.773. The van der Waals surface area contributed by atoms with Crippen molar-refractivity contribution in [1.82, 2.24) is 14.1 Å². The van der Waals surface area contributed by atoms with Crippen LogP contribution in [0.4, 0.5) is 5.82 Å². The highest BCUT2D eigenvalue weighted by atomic mass is 32.2. The normalized spacial score (nSPS) is 19.1. The molecule has 0 atom stereocenters. The van der Waals surface area contributed by atoms with E-state index in [1.807, 2.05) is 10.7 Å². The van der Waals surface area contributed by atoms with Crippen LogP contribution in [0.3, 0.4) is 0 Å². The van der Waals surface area contributed by atoms with Crippen molar-refractivity contribution in [2.75, 3.05) is 18.4 Å². The molecule has 1 saturated carbocycles. The molecule has 9 heteroatoms. The number of amides is 1. The van der Waals surface area contributed by atoms with Crippen molar-refractivity contribution in [3.05, 3.63) is 29.3 Å². The summed E-state index contributed by atoms with van der Waals surface area (Å²) in [5, 5.41) is 7.30. The maximum absolute atomic E-state index is 12.8. The first-order valence-corrected chi connectivity index (χ1v) is 12.2. The highest BCUT2D eigenvalue weighted by molar-refractivity contribution is 7.91. The molecule has 7 nitrogen and oxygen atoms in total. The minimum atomic E-state index is -3.44. The van der Waals surface area contributed by atoms with E-state index in [0.717, 1.165) is 42.8 Å². The number of nitrogens with one attached hydrogen (secondary N) is 1. The lowest BCUT2D eigenvalue weighted by Gasteiger charge is -2.25. The topological polar surface area (TPSA) is 84.3 Å². The summed E-state index contributed by atoms with van der Waals surface area (Å²) in [6, 6.07) is 5.54. The summed E-state index contributed by atoms with van der Waals surface area (Å²) in [6.45, 7) is 1.17. The molecule has 1 aliphatic carbocycles. The van der Waals surface area contributed by atoms with Crippen molar-refractivity contribution in [3.8, 4) is 0 Å². The summed E-state index contributed by atoms with van der Waals surface area (Å²) in [7, 11) is -3.44. The molecule has 3 heterocycles. The molecular weight excluding hydrogens is 396 g/mol. The molecule has 2 aliphatic rings. The molecule has 1 amide bonds. The van der Waals surface area contributed by atoms with Gasteiger partial charge in [-0.05, 0) is 37.8 Å². The second kappa shape index (κ2) is 8.34. The standard InChI is InChI=1S/C19H26N4O3S2/c24-18(21-17-10-11-20-23(17)15-6-2-3-7-15)14-16-8-9-19(27-16)28(25,26)22-12-4-1-5-13-22/h8-11,15H,1-7,12-14H2,(H,21,24). The van der Waals surface area contributed by atoms with Gasteiger partial charge in [-0.1, -0.05) is 19.3 Å². The highest BCUT2D eigenvalue weighted by Gasteiger charge is 2.27. The predicted molar refractivity (Wildman–Crippen MR) is 109 cm³/mol. The van der Waals surface area contributed by atoms with Gasteiger partial charge >= 0.3 is 0 Å². The van der Waals surface area contributed by atoms with E-state index in [2.05, 4.69) is 10.4 Å². The van der Waals surface area contributed by atoms with Gasteiger partial charge in [0, 0.05) is 24.0 Å². The van der Waals surface area contributed by atoms with Gasteiger partial charge in [0.1, 0.15) is 10.0 Å². The fourth-order valence-corrected chi connectivity index (χ4v) is 7.05. The first-order chi connectivity index (χ1) is 13.5. The summed E-state index contributed by atoms with van der Waals surface area (Å²) in [5.74, 6) is 0.568. The molecule has 2 aromatic rings. The number of anilines is 1. The number of sulfonamides is 1. The van der Waals surface area contributed by atoms with Crippen LogP contribution in [0.15, 0.2) is 28.6 Å². The molecular formula is C19H26N4O3S2. The molecule has 0 radical (unpaired) electrons.